The van der Waals surface area contributed by atoms with E-state index in [1.54, 1.807) is 0 Å². The molecule has 0 radical (unpaired) electrons. The van der Waals surface area contributed by atoms with Gasteiger partial charge < -0.3 is 11.1 Å². The zero-order chi connectivity index (χ0) is 11.8. The minimum absolute atomic E-state index is 0.0161. The summed E-state index contributed by atoms with van der Waals surface area (Å²) in [6.45, 7) is 6.94. The maximum Gasteiger partial charge on any atom is 0.237 e. The van der Waals surface area contributed by atoms with Crippen LogP contribution in [0.5, 0.6) is 0 Å². The first kappa shape index (κ1) is 14.8. The first-order valence-electron chi connectivity index (χ1n) is 5.59. The van der Waals surface area contributed by atoms with Crippen LogP contribution in [0.15, 0.2) is 0 Å². The summed E-state index contributed by atoms with van der Waals surface area (Å²) in [5, 5.41) is 3.47. The second-order valence-electron chi connectivity index (χ2n) is 4.04. The summed E-state index contributed by atoms with van der Waals surface area (Å²) >= 11 is 1.81. The predicted molar refractivity (Wildman–Crippen MR) is 68.0 cm³/mol. The van der Waals surface area contributed by atoms with E-state index >= 15 is 0 Å². The van der Waals surface area contributed by atoms with Crippen LogP contribution < -0.4 is 11.1 Å². The Morgan fingerprint density at radius 2 is 2.07 bits per heavy atom. The number of nitrogens with two attached hydrogens (primary N) is 1. The summed E-state index contributed by atoms with van der Waals surface area (Å²) in [5.74, 6) is 0.237. The maximum absolute atomic E-state index is 11.6. The molecule has 0 aliphatic rings. The van der Waals surface area contributed by atoms with E-state index in [0.717, 1.165) is 19.4 Å². The van der Waals surface area contributed by atoms with Crippen molar-refractivity contribution < 1.29 is 4.79 Å². The fourth-order valence-electron chi connectivity index (χ4n) is 1.15. The summed E-state index contributed by atoms with van der Waals surface area (Å²) in [6, 6.07) is -0.361. The quantitative estimate of drug-likeness (QED) is 0.701. The average molecular weight is 232 g/mol. The Labute approximate surface area is 97.6 Å². The number of hydrogen-bond donors (Lipinski definition) is 2. The van der Waals surface area contributed by atoms with Crippen molar-refractivity contribution in [2.75, 3.05) is 12.8 Å². The molecule has 3 N–H and O–H groups in total. The lowest BCUT2D eigenvalue weighted by Gasteiger charge is -2.18. The molecule has 90 valence electrons. The smallest absolute Gasteiger partial charge is 0.237 e. The molecule has 0 saturated heterocycles. The number of rotatable bonds is 7. The van der Waals surface area contributed by atoms with E-state index in [9.17, 15) is 4.79 Å². The Bertz CT molecular complexity index is 187. The molecular weight excluding hydrogens is 208 g/mol. The zero-order valence-corrected chi connectivity index (χ0v) is 11.1. The number of nitrogens with one attached hydrogen (secondary N) is 1. The van der Waals surface area contributed by atoms with Gasteiger partial charge in [-0.15, -0.1) is 0 Å². The Morgan fingerprint density at radius 3 is 2.53 bits per heavy atom. The lowest BCUT2D eigenvalue weighted by molar-refractivity contribution is -0.123. The van der Waals surface area contributed by atoms with E-state index in [4.69, 9.17) is 5.73 Å². The van der Waals surface area contributed by atoms with Crippen molar-refractivity contribution in [1.82, 2.24) is 5.32 Å². The minimum atomic E-state index is -0.361. The van der Waals surface area contributed by atoms with E-state index < -0.39 is 0 Å². The highest BCUT2D eigenvalue weighted by Crippen LogP contribution is 2.08. The van der Waals surface area contributed by atoms with Gasteiger partial charge in [0.05, 0.1) is 6.04 Å². The molecule has 0 aromatic rings. The molecule has 0 spiro atoms. The third kappa shape index (κ3) is 6.05. The normalized spacial score (nSPS) is 16.9. The molecule has 15 heavy (non-hydrogen) atoms. The Balaban J connectivity index is 3.74. The summed E-state index contributed by atoms with van der Waals surface area (Å²) in [5.41, 5.74) is 5.80. The van der Waals surface area contributed by atoms with E-state index in [1.165, 1.54) is 0 Å². The first-order valence-corrected chi connectivity index (χ1v) is 6.87. The van der Waals surface area contributed by atoms with Crippen LogP contribution in [0.1, 0.15) is 33.6 Å². The van der Waals surface area contributed by atoms with Crippen LogP contribution in [0, 0.1) is 5.92 Å². The molecular formula is C11H24N2OS. The van der Waals surface area contributed by atoms with Crippen LogP contribution in [0.4, 0.5) is 0 Å². The largest absolute Gasteiger partial charge is 0.355 e. The summed E-state index contributed by atoms with van der Waals surface area (Å²) in [7, 11) is 0. The highest BCUT2D eigenvalue weighted by molar-refractivity contribution is 7.99. The van der Waals surface area contributed by atoms with Crippen LogP contribution in [-0.2, 0) is 4.79 Å². The highest BCUT2D eigenvalue weighted by atomic mass is 32.2. The lowest BCUT2D eigenvalue weighted by Crippen LogP contribution is -2.45. The second-order valence-corrected chi connectivity index (χ2v) is 5.31. The molecule has 0 fully saturated rings. The molecule has 3 unspecified atom stereocenters. The third-order valence-corrected chi connectivity index (χ3v) is 3.85. The van der Waals surface area contributed by atoms with Gasteiger partial charge in [-0.25, -0.2) is 0 Å². The molecule has 0 aromatic carbocycles. The lowest BCUT2D eigenvalue weighted by atomic mass is 9.99. The number of thioether (sulfide) groups is 1. The van der Waals surface area contributed by atoms with Crippen molar-refractivity contribution in [2.45, 2.75) is 44.9 Å². The molecule has 3 nitrogen and oxygen atoms in total. The van der Waals surface area contributed by atoms with Crippen LogP contribution in [0.2, 0.25) is 0 Å². The third-order valence-electron chi connectivity index (χ3n) is 2.81. The van der Waals surface area contributed by atoms with Crippen LogP contribution >= 0.6 is 11.8 Å². The van der Waals surface area contributed by atoms with Gasteiger partial charge in [-0.2, -0.15) is 11.8 Å². The fraction of sp³-hybridized carbons (Fsp3) is 0.909. The Hall–Kier alpha value is -0.220. The monoisotopic (exact) mass is 232 g/mol. The van der Waals surface area contributed by atoms with Crippen LogP contribution in [0.25, 0.3) is 0 Å². The van der Waals surface area contributed by atoms with Crippen molar-refractivity contribution in [3.63, 3.8) is 0 Å². The van der Waals surface area contributed by atoms with Gasteiger partial charge in [-0.05, 0) is 18.6 Å². The van der Waals surface area contributed by atoms with Gasteiger partial charge >= 0.3 is 0 Å². The first-order chi connectivity index (χ1) is 7.02. The topological polar surface area (TPSA) is 55.1 Å². The predicted octanol–water partition coefficient (Wildman–Crippen LogP) is 1.62. The van der Waals surface area contributed by atoms with E-state index in [2.05, 4.69) is 18.5 Å². The highest BCUT2D eigenvalue weighted by Gasteiger charge is 2.18. The van der Waals surface area contributed by atoms with E-state index in [-0.39, 0.29) is 17.9 Å². The molecule has 0 rings (SSSR count). The van der Waals surface area contributed by atoms with Gasteiger partial charge in [-0.3, -0.25) is 4.79 Å². The second kappa shape index (κ2) is 7.99. The molecule has 0 bridgehead atoms. The average Bonchev–Trinajstić information content (AvgIpc) is 2.26. The molecule has 3 atom stereocenters. The minimum Gasteiger partial charge on any atom is -0.355 e. The van der Waals surface area contributed by atoms with Crippen molar-refractivity contribution in [3.05, 3.63) is 0 Å². The molecule has 0 aliphatic heterocycles. The summed E-state index contributed by atoms with van der Waals surface area (Å²) in [6.07, 6.45) is 4.02. The van der Waals surface area contributed by atoms with E-state index in [1.807, 2.05) is 25.6 Å². The van der Waals surface area contributed by atoms with Crippen LogP contribution in [0.3, 0.4) is 0 Å². The van der Waals surface area contributed by atoms with E-state index in [0.29, 0.717) is 5.25 Å². The van der Waals surface area contributed by atoms with Crippen molar-refractivity contribution >= 4 is 17.7 Å². The van der Waals surface area contributed by atoms with Crippen molar-refractivity contribution in [1.29, 1.82) is 0 Å². The van der Waals surface area contributed by atoms with Gasteiger partial charge in [0.1, 0.15) is 0 Å². The van der Waals surface area contributed by atoms with Crippen molar-refractivity contribution in [3.8, 4) is 0 Å². The standard InChI is InChI=1S/C11H24N2OS/c1-5-8(2)10(12)11(14)13-7-6-9(3)15-4/h8-10H,5-7,12H2,1-4H3,(H,13,14). The molecule has 1 amide bonds. The molecule has 0 saturated carbocycles. The SMILES string of the molecule is CCC(C)C(N)C(=O)NCCC(C)SC. The maximum atomic E-state index is 11.6. The van der Waals surface area contributed by atoms with Gasteiger partial charge in [0.25, 0.3) is 0 Å². The summed E-state index contributed by atoms with van der Waals surface area (Å²) < 4.78 is 0. The molecule has 4 heteroatoms. The Kier molecular flexibility index (Phi) is 7.88. The van der Waals surface area contributed by atoms with Gasteiger partial charge in [0, 0.05) is 11.8 Å². The fourth-order valence-corrected chi connectivity index (χ4v) is 1.50. The number of carbonyl (C=O) groups excluding carboxylic acids is 1. The number of carbonyl (C=O) groups is 1. The Morgan fingerprint density at radius 1 is 1.47 bits per heavy atom. The number of hydrogen-bond acceptors (Lipinski definition) is 3. The molecule has 0 aromatic heterocycles. The zero-order valence-electron chi connectivity index (χ0n) is 10.2. The summed E-state index contributed by atoms with van der Waals surface area (Å²) in [4.78, 5) is 11.6. The van der Waals surface area contributed by atoms with Crippen LogP contribution in [-0.4, -0.2) is 30.0 Å². The van der Waals surface area contributed by atoms with Gasteiger partial charge in [-0.1, -0.05) is 27.2 Å². The van der Waals surface area contributed by atoms with Gasteiger partial charge in [0.2, 0.25) is 5.91 Å². The molecule has 0 aliphatic carbocycles. The van der Waals surface area contributed by atoms with Gasteiger partial charge in [0.15, 0.2) is 0 Å². The van der Waals surface area contributed by atoms with Crippen molar-refractivity contribution in [2.24, 2.45) is 11.7 Å². The number of amides is 1. The molecule has 0 heterocycles.